The zero-order valence-corrected chi connectivity index (χ0v) is 26.6. The first kappa shape index (κ1) is 27.6. The Morgan fingerprint density at radius 3 is 1.86 bits per heavy atom. The molecule has 0 unspecified atom stereocenters. The zero-order chi connectivity index (χ0) is 32.4. The molecule has 3 heteroatoms. The summed E-state index contributed by atoms with van der Waals surface area (Å²) in [6, 6.07) is 59.0. The van der Waals surface area contributed by atoms with E-state index in [4.69, 9.17) is 15.0 Å². The monoisotopic (exact) mass is 623 g/mol. The standard InChI is InChI=1S/C46H29N3/c1-3-13-34(14-4-1)46(35-15-5-2-6-16-35)39-18-8-7-17-37(39)42-38(40-26-23-32-21-20-31-12-10-28-48-44(31)45(32)49-40)25-24-36(43(42)46)33-22-19-30-11-9-27-47-41(30)29-33/h1-29H. The van der Waals surface area contributed by atoms with E-state index in [1.807, 2.05) is 24.5 Å². The molecule has 0 fully saturated rings. The van der Waals surface area contributed by atoms with E-state index in [2.05, 4.69) is 152 Å². The van der Waals surface area contributed by atoms with Crippen molar-refractivity contribution in [2.45, 2.75) is 5.41 Å². The smallest absolute Gasteiger partial charge is 0.0972 e. The SMILES string of the molecule is c1ccc(C2(c3ccccc3)c3ccccc3-c3c(-c4ccc5ccc6cccnc6c5n4)ccc(-c4ccc5cccnc5c4)c32)cc1. The summed E-state index contributed by atoms with van der Waals surface area (Å²) < 4.78 is 0. The molecule has 0 atom stereocenters. The quantitative estimate of drug-likeness (QED) is 0.183. The second kappa shape index (κ2) is 10.8. The highest BCUT2D eigenvalue weighted by Gasteiger charge is 2.48. The number of pyridine rings is 3. The van der Waals surface area contributed by atoms with Crippen molar-refractivity contribution in [2.75, 3.05) is 0 Å². The minimum atomic E-state index is -0.579. The highest BCUT2D eigenvalue weighted by molar-refractivity contribution is 6.05. The van der Waals surface area contributed by atoms with Crippen LogP contribution in [0.3, 0.4) is 0 Å². The second-order valence-electron chi connectivity index (χ2n) is 12.8. The topological polar surface area (TPSA) is 38.7 Å². The molecule has 49 heavy (non-hydrogen) atoms. The van der Waals surface area contributed by atoms with Crippen molar-refractivity contribution in [3.8, 4) is 33.5 Å². The first-order valence-corrected chi connectivity index (χ1v) is 16.7. The van der Waals surface area contributed by atoms with Gasteiger partial charge in [-0.3, -0.25) is 9.97 Å². The van der Waals surface area contributed by atoms with Gasteiger partial charge in [0.2, 0.25) is 0 Å². The van der Waals surface area contributed by atoms with Gasteiger partial charge in [0.15, 0.2) is 0 Å². The van der Waals surface area contributed by atoms with Gasteiger partial charge in [0.1, 0.15) is 0 Å². The maximum absolute atomic E-state index is 5.39. The van der Waals surface area contributed by atoms with E-state index in [0.717, 1.165) is 49.5 Å². The molecule has 3 nitrogen and oxygen atoms in total. The van der Waals surface area contributed by atoms with Crippen LogP contribution < -0.4 is 0 Å². The Morgan fingerprint density at radius 2 is 1.06 bits per heavy atom. The molecule has 6 aromatic carbocycles. The van der Waals surface area contributed by atoms with Crippen LogP contribution in [-0.4, -0.2) is 15.0 Å². The largest absolute Gasteiger partial charge is 0.256 e. The fourth-order valence-corrected chi connectivity index (χ4v) is 8.14. The Balaban J connectivity index is 1.37. The minimum Gasteiger partial charge on any atom is -0.256 e. The van der Waals surface area contributed by atoms with Gasteiger partial charge in [0.05, 0.1) is 27.7 Å². The number of benzene rings is 6. The Morgan fingerprint density at radius 1 is 0.429 bits per heavy atom. The third-order valence-corrected chi connectivity index (χ3v) is 10.2. The number of hydrogen-bond acceptors (Lipinski definition) is 3. The normalized spacial score (nSPS) is 13.1. The Kier molecular flexibility index (Phi) is 6.09. The summed E-state index contributed by atoms with van der Waals surface area (Å²) in [5.74, 6) is 0. The lowest BCUT2D eigenvalue weighted by molar-refractivity contribution is 0.770. The molecule has 10 rings (SSSR count). The summed E-state index contributed by atoms with van der Waals surface area (Å²) in [6.45, 7) is 0. The van der Waals surface area contributed by atoms with Crippen molar-refractivity contribution >= 4 is 32.7 Å². The molecule has 0 aliphatic heterocycles. The van der Waals surface area contributed by atoms with E-state index >= 15 is 0 Å². The van der Waals surface area contributed by atoms with Gasteiger partial charge >= 0.3 is 0 Å². The summed E-state index contributed by atoms with van der Waals surface area (Å²) in [5, 5.41) is 3.29. The van der Waals surface area contributed by atoms with Gasteiger partial charge in [-0.15, -0.1) is 0 Å². The summed E-state index contributed by atoms with van der Waals surface area (Å²) in [4.78, 5) is 14.9. The van der Waals surface area contributed by atoms with Gasteiger partial charge in [-0.25, -0.2) is 4.98 Å². The molecule has 0 saturated heterocycles. The van der Waals surface area contributed by atoms with Gasteiger partial charge in [-0.1, -0.05) is 140 Å². The molecule has 0 bridgehead atoms. The predicted molar refractivity (Wildman–Crippen MR) is 201 cm³/mol. The summed E-state index contributed by atoms with van der Waals surface area (Å²) in [5.41, 5.74) is 14.0. The molecule has 1 aliphatic rings. The Labute approximate surface area is 284 Å². The predicted octanol–water partition coefficient (Wildman–Crippen LogP) is 11.0. The second-order valence-corrected chi connectivity index (χ2v) is 12.8. The number of aromatic nitrogens is 3. The van der Waals surface area contributed by atoms with Gasteiger partial charge in [-0.05, 0) is 68.8 Å². The molecular formula is C46H29N3. The van der Waals surface area contributed by atoms with Crippen LogP contribution in [0.15, 0.2) is 176 Å². The first-order valence-electron chi connectivity index (χ1n) is 16.7. The molecule has 0 spiro atoms. The van der Waals surface area contributed by atoms with Crippen LogP contribution in [0.1, 0.15) is 22.3 Å². The minimum absolute atomic E-state index is 0.579. The summed E-state index contributed by atoms with van der Waals surface area (Å²) in [6.07, 6.45) is 3.73. The molecule has 0 saturated carbocycles. The van der Waals surface area contributed by atoms with E-state index in [-0.39, 0.29) is 0 Å². The molecule has 228 valence electrons. The van der Waals surface area contributed by atoms with Crippen LogP contribution in [0.25, 0.3) is 66.2 Å². The van der Waals surface area contributed by atoms with Gasteiger partial charge < -0.3 is 0 Å². The maximum Gasteiger partial charge on any atom is 0.0972 e. The van der Waals surface area contributed by atoms with Crippen molar-refractivity contribution in [2.24, 2.45) is 0 Å². The van der Waals surface area contributed by atoms with E-state index in [0.29, 0.717) is 0 Å². The van der Waals surface area contributed by atoms with Crippen molar-refractivity contribution in [1.29, 1.82) is 0 Å². The number of rotatable bonds is 4. The van der Waals surface area contributed by atoms with Gasteiger partial charge in [-0.2, -0.15) is 0 Å². The van der Waals surface area contributed by atoms with Crippen LogP contribution in [0.2, 0.25) is 0 Å². The van der Waals surface area contributed by atoms with Crippen LogP contribution >= 0.6 is 0 Å². The zero-order valence-electron chi connectivity index (χ0n) is 26.6. The van der Waals surface area contributed by atoms with Crippen molar-refractivity contribution < 1.29 is 0 Å². The third-order valence-electron chi connectivity index (χ3n) is 10.2. The molecule has 9 aromatic rings. The van der Waals surface area contributed by atoms with E-state index < -0.39 is 5.41 Å². The van der Waals surface area contributed by atoms with Crippen LogP contribution in [0.5, 0.6) is 0 Å². The van der Waals surface area contributed by atoms with E-state index in [1.165, 1.54) is 38.9 Å². The van der Waals surface area contributed by atoms with E-state index in [9.17, 15) is 0 Å². The fraction of sp³-hybridized carbons (Fsp3) is 0.0217. The van der Waals surface area contributed by atoms with Crippen molar-refractivity contribution in [3.63, 3.8) is 0 Å². The number of nitrogens with zero attached hydrogens (tertiary/aromatic N) is 3. The third kappa shape index (κ3) is 4.06. The molecule has 0 N–H and O–H groups in total. The summed E-state index contributed by atoms with van der Waals surface area (Å²) in [7, 11) is 0. The van der Waals surface area contributed by atoms with Crippen LogP contribution in [0, 0.1) is 0 Å². The fourth-order valence-electron chi connectivity index (χ4n) is 8.14. The lowest BCUT2D eigenvalue weighted by Gasteiger charge is -2.35. The van der Waals surface area contributed by atoms with Gasteiger partial charge in [0, 0.05) is 34.1 Å². The molecule has 1 aliphatic carbocycles. The molecule has 0 radical (unpaired) electrons. The Hall–Kier alpha value is -6.45. The van der Waals surface area contributed by atoms with E-state index in [1.54, 1.807) is 0 Å². The lowest BCUT2D eigenvalue weighted by atomic mass is 9.66. The summed E-state index contributed by atoms with van der Waals surface area (Å²) >= 11 is 0. The maximum atomic E-state index is 5.39. The Bertz CT molecular complexity index is 2680. The van der Waals surface area contributed by atoms with Crippen molar-refractivity contribution in [3.05, 3.63) is 198 Å². The van der Waals surface area contributed by atoms with Crippen LogP contribution in [0.4, 0.5) is 0 Å². The number of fused-ring (bicyclic) bond motifs is 7. The van der Waals surface area contributed by atoms with Crippen molar-refractivity contribution in [1.82, 2.24) is 15.0 Å². The highest BCUT2D eigenvalue weighted by atomic mass is 14.8. The number of hydrogen-bond donors (Lipinski definition) is 0. The average Bonchev–Trinajstić information content (AvgIpc) is 3.50. The molecule has 0 amide bonds. The molecule has 3 aromatic heterocycles. The van der Waals surface area contributed by atoms with Gasteiger partial charge in [0.25, 0.3) is 0 Å². The average molecular weight is 624 g/mol. The highest BCUT2D eigenvalue weighted by Crippen LogP contribution is 2.60. The van der Waals surface area contributed by atoms with Crippen LogP contribution in [-0.2, 0) is 5.41 Å². The molecule has 3 heterocycles. The lowest BCUT2D eigenvalue weighted by Crippen LogP contribution is -2.29. The molecular weight excluding hydrogens is 595 g/mol. The first-order chi connectivity index (χ1) is 24.3.